The number of carbonyl (C=O) groups is 3. The third kappa shape index (κ3) is 6.14. The predicted octanol–water partition coefficient (Wildman–Crippen LogP) is 2.74. The third-order valence-corrected chi connectivity index (χ3v) is 5.00. The Balaban J connectivity index is 2.23. The summed E-state index contributed by atoms with van der Waals surface area (Å²) >= 11 is 1.36. The van der Waals surface area contributed by atoms with Gasteiger partial charge in [-0.05, 0) is 17.7 Å². The van der Waals surface area contributed by atoms with E-state index in [-0.39, 0.29) is 6.42 Å². The van der Waals surface area contributed by atoms with E-state index in [9.17, 15) is 14.4 Å². The number of hydrogen-bond acceptors (Lipinski definition) is 6. The molecule has 2 aromatic carbocycles. The van der Waals surface area contributed by atoms with Crippen LogP contribution < -0.4 is 5.32 Å². The summed E-state index contributed by atoms with van der Waals surface area (Å²) in [5.74, 6) is -1.71. The first-order valence-electron chi connectivity index (χ1n) is 8.26. The number of thioether (sulfide) groups is 1. The molecule has 0 aliphatic heterocycles. The molecule has 1 amide bonds. The first-order chi connectivity index (χ1) is 13.0. The van der Waals surface area contributed by atoms with Gasteiger partial charge in [-0.1, -0.05) is 48.5 Å². The van der Waals surface area contributed by atoms with Gasteiger partial charge in [-0.25, -0.2) is 4.79 Å². The van der Waals surface area contributed by atoms with Gasteiger partial charge in [0.2, 0.25) is 5.91 Å². The van der Waals surface area contributed by atoms with Crippen LogP contribution >= 0.6 is 11.8 Å². The molecule has 0 unspecified atom stereocenters. The minimum absolute atomic E-state index is 0.299. The molecule has 2 atom stereocenters. The zero-order valence-corrected chi connectivity index (χ0v) is 15.9. The van der Waals surface area contributed by atoms with Crippen molar-refractivity contribution in [2.75, 3.05) is 14.2 Å². The Bertz CT molecular complexity index is 766. The molecule has 0 radical (unpaired) electrons. The summed E-state index contributed by atoms with van der Waals surface area (Å²) < 4.78 is 9.29. The average Bonchev–Trinajstić information content (AvgIpc) is 2.72. The summed E-state index contributed by atoms with van der Waals surface area (Å²) in [7, 11) is 2.42. The molecule has 0 saturated heterocycles. The summed E-state index contributed by atoms with van der Waals surface area (Å²) in [6.45, 7) is 0. The lowest BCUT2D eigenvalue weighted by Gasteiger charge is -2.21. The maximum absolute atomic E-state index is 13.0. The normalized spacial score (nSPS) is 12.5. The smallest absolute Gasteiger partial charge is 0.328 e. The number of rotatable bonds is 8. The second-order valence-corrected chi connectivity index (χ2v) is 6.76. The second-order valence-electron chi connectivity index (χ2n) is 5.59. The van der Waals surface area contributed by atoms with Crippen LogP contribution in [0.2, 0.25) is 0 Å². The Hall–Kier alpha value is -2.80. The second kappa shape index (κ2) is 10.4. The SMILES string of the molecule is COC(=O)C[C@H](NC(=O)[C@@H](Sc1ccccc1)c1ccccc1)C(=O)OC. The zero-order chi connectivity index (χ0) is 19.6. The van der Waals surface area contributed by atoms with Crippen LogP contribution in [0, 0.1) is 0 Å². The van der Waals surface area contributed by atoms with Gasteiger partial charge in [0.05, 0.1) is 20.6 Å². The van der Waals surface area contributed by atoms with Gasteiger partial charge in [-0.3, -0.25) is 9.59 Å². The van der Waals surface area contributed by atoms with Crippen LogP contribution in [0.3, 0.4) is 0 Å². The topological polar surface area (TPSA) is 81.7 Å². The van der Waals surface area contributed by atoms with Gasteiger partial charge in [-0.2, -0.15) is 0 Å². The minimum atomic E-state index is -1.11. The highest BCUT2D eigenvalue weighted by Gasteiger charge is 2.29. The van der Waals surface area contributed by atoms with Crippen molar-refractivity contribution in [1.82, 2.24) is 5.32 Å². The monoisotopic (exact) mass is 387 g/mol. The molecule has 0 bridgehead atoms. The minimum Gasteiger partial charge on any atom is -0.469 e. The van der Waals surface area contributed by atoms with Gasteiger partial charge in [0.1, 0.15) is 11.3 Å². The Morgan fingerprint density at radius 1 is 0.926 bits per heavy atom. The van der Waals surface area contributed by atoms with E-state index in [1.54, 1.807) is 0 Å². The van der Waals surface area contributed by atoms with Gasteiger partial charge in [-0.15, -0.1) is 11.8 Å². The van der Waals surface area contributed by atoms with E-state index in [0.717, 1.165) is 10.5 Å². The fourth-order valence-corrected chi connectivity index (χ4v) is 3.42. The highest BCUT2D eigenvalue weighted by Crippen LogP contribution is 2.35. The van der Waals surface area contributed by atoms with Crippen molar-refractivity contribution in [1.29, 1.82) is 0 Å². The third-order valence-electron chi connectivity index (χ3n) is 3.74. The maximum Gasteiger partial charge on any atom is 0.328 e. The molecule has 0 heterocycles. The molecule has 1 N–H and O–H groups in total. The lowest BCUT2D eigenvalue weighted by molar-refractivity contribution is -0.150. The Morgan fingerprint density at radius 2 is 1.52 bits per heavy atom. The van der Waals surface area contributed by atoms with E-state index >= 15 is 0 Å². The molecule has 0 saturated carbocycles. The number of carbonyl (C=O) groups excluding carboxylic acids is 3. The fourth-order valence-electron chi connectivity index (χ4n) is 2.37. The number of esters is 2. The first-order valence-corrected chi connectivity index (χ1v) is 9.14. The highest BCUT2D eigenvalue weighted by atomic mass is 32.2. The van der Waals surface area contributed by atoms with Crippen molar-refractivity contribution in [2.24, 2.45) is 0 Å². The van der Waals surface area contributed by atoms with Crippen molar-refractivity contribution in [3.8, 4) is 0 Å². The Labute approximate surface area is 162 Å². The maximum atomic E-state index is 13.0. The molecule has 0 spiro atoms. The van der Waals surface area contributed by atoms with Crippen LogP contribution in [0.5, 0.6) is 0 Å². The molecule has 0 aliphatic carbocycles. The first kappa shape index (κ1) is 20.5. The van der Waals surface area contributed by atoms with E-state index in [0.29, 0.717) is 0 Å². The number of ether oxygens (including phenoxy) is 2. The van der Waals surface area contributed by atoms with Gasteiger partial charge >= 0.3 is 11.9 Å². The van der Waals surface area contributed by atoms with Crippen molar-refractivity contribution in [3.63, 3.8) is 0 Å². The van der Waals surface area contributed by atoms with Gasteiger partial charge < -0.3 is 14.8 Å². The fraction of sp³-hybridized carbons (Fsp3) is 0.250. The molecule has 0 aliphatic rings. The lowest BCUT2D eigenvalue weighted by atomic mass is 10.1. The predicted molar refractivity (Wildman–Crippen MR) is 102 cm³/mol. The van der Waals surface area contributed by atoms with Crippen LogP contribution in [-0.4, -0.2) is 38.1 Å². The summed E-state index contributed by atoms with van der Waals surface area (Å²) in [4.78, 5) is 37.4. The molecule has 0 fully saturated rings. The molecule has 142 valence electrons. The number of nitrogens with one attached hydrogen (secondary N) is 1. The Kier molecular flexibility index (Phi) is 7.88. The number of hydrogen-bond donors (Lipinski definition) is 1. The quantitative estimate of drug-likeness (QED) is 0.554. The van der Waals surface area contributed by atoms with E-state index < -0.39 is 29.1 Å². The van der Waals surface area contributed by atoms with Gasteiger partial charge in [0.25, 0.3) is 0 Å². The molecule has 6 nitrogen and oxygen atoms in total. The van der Waals surface area contributed by atoms with Crippen molar-refractivity contribution in [2.45, 2.75) is 22.6 Å². The van der Waals surface area contributed by atoms with E-state index in [4.69, 9.17) is 4.74 Å². The highest BCUT2D eigenvalue weighted by molar-refractivity contribution is 8.00. The molecular formula is C20H21NO5S. The summed E-state index contributed by atoms with van der Waals surface area (Å²) in [5.41, 5.74) is 0.783. The lowest BCUT2D eigenvalue weighted by Crippen LogP contribution is -2.44. The molecule has 27 heavy (non-hydrogen) atoms. The molecule has 2 aromatic rings. The number of methoxy groups -OCH3 is 2. The number of amides is 1. The van der Waals surface area contributed by atoms with Crippen LogP contribution in [0.4, 0.5) is 0 Å². The van der Waals surface area contributed by atoms with Crippen molar-refractivity contribution >= 4 is 29.6 Å². The number of benzene rings is 2. The summed E-state index contributed by atoms with van der Waals surface area (Å²) in [6.07, 6.45) is -0.299. The van der Waals surface area contributed by atoms with Crippen LogP contribution in [-0.2, 0) is 23.9 Å². The molecule has 7 heteroatoms. The van der Waals surface area contributed by atoms with Crippen molar-refractivity contribution < 1.29 is 23.9 Å². The van der Waals surface area contributed by atoms with E-state index in [1.807, 2.05) is 60.7 Å². The molecular weight excluding hydrogens is 366 g/mol. The Morgan fingerprint density at radius 3 is 2.07 bits per heavy atom. The summed E-state index contributed by atoms with van der Waals surface area (Å²) in [6, 6.07) is 17.6. The van der Waals surface area contributed by atoms with E-state index in [2.05, 4.69) is 10.1 Å². The molecule has 0 aromatic heterocycles. The average molecular weight is 387 g/mol. The van der Waals surface area contributed by atoms with Crippen LogP contribution in [0.25, 0.3) is 0 Å². The van der Waals surface area contributed by atoms with Gasteiger partial charge in [0, 0.05) is 4.90 Å². The van der Waals surface area contributed by atoms with Gasteiger partial charge in [0.15, 0.2) is 0 Å². The standard InChI is InChI=1S/C20H21NO5S/c1-25-17(22)13-16(20(24)26-2)21-19(23)18(14-9-5-3-6-10-14)27-15-11-7-4-8-12-15/h3-12,16,18H,13H2,1-2H3,(H,21,23)/t16-,18-/m0/s1. The molecule has 2 rings (SSSR count). The van der Waals surface area contributed by atoms with Crippen molar-refractivity contribution in [3.05, 3.63) is 66.2 Å². The van der Waals surface area contributed by atoms with Crippen LogP contribution in [0.15, 0.2) is 65.6 Å². The summed E-state index contributed by atoms with van der Waals surface area (Å²) in [5, 5.41) is 2.02. The zero-order valence-electron chi connectivity index (χ0n) is 15.1. The van der Waals surface area contributed by atoms with E-state index in [1.165, 1.54) is 26.0 Å². The largest absolute Gasteiger partial charge is 0.469 e. The van der Waals surface area contributed by atoms with Crippen LogP contribution in [0.1, 0.15) is 17.2 Å².